The molecule has 4 aromatic rings. The molecule has 0 aliphatic heterocycles. The van der Waals surface area contributed by atoms with Gasteiger partial charge in [-0.25, -0.2) is 4.98 Å². The van der Waals surface area contributed by atoms with Gasteiger partial charge in [-0.2, -0.15) is 0 Å². The number of hydrogen-bond acceptors (Lipinski definition) is 7. The maximum absolute atomic E-state index is 12.7. The topological polar surface area (TPSA) is 127 Å². The summed E-state index contributed by atoms with van der Waals surface area (Å²) >= 11 is 2.52. The number of thiophene rings is 1. The van der Waals surface area contributed by atoms with Gasteiger partial charge >= 0.3 is 0 Å². The van der Waals surface area contributed by atoms with E-state index in [1.807, 2.05) is 37.3 Å². The second-order valence-corrected chi connectivity index (χ2v) is 9.26. The number of nitrogens with one attached hydrogen (secondary N) is 2. The Morgan fingerprint density at radius 2 is 1.85 bits per heavy atom. The first-order valence-electron chi connectivity index (χ1n) is 9.91. The molecular formula is C23H20N4O4S2. The number of primary amides is 1. The highest BCUT2D eigenvalue weighted by Gasteiger charge is 2.23. The number of rotatable bonds is 7. The van der Waals surface area contributed by atoms with E-state index in [1.54, 1.807) is 18.4 Å². The minimum atomic E-state index is -0.610. The second kappa shape index (κ2) is 9.39. The fraction of sp³-hybridized carbons (Fsp3) is 0.130. The van der Waals surface area contributed by atoms with Crippen molar-refractivity contribution in [3.05, 3.63) is 75.5 Å². The van der Waals surface area contributed by atoms with Gasteiger partial charge < -0.3 is 15.5 Å². The number of aryl methyl sites for hydroxylation is 2. The van der Waals surface area contributed by atoms with Crippen LogP contribution >= 0.6 is 22.7 Å². The van der Waals surface area contributed by atoms with E-state index in [0.29, 0.717) is 32.7 Å². The highest BCUT2D eigenvalue weighted by molar-refractivity contribution is 7.17. The summed E-state index contributed by atoms with van der Waals surface area (Å²) in [5.74, 6) is -0.774. The summed E-state index contributed by atoms with van der Waals surface area (Å²) < 4.78 is 5.14. The molecule has 4 N–H and O–H groups in total. The Bertz CT molecular complexity index is 1340. The Labute approximate surface area is 197 Å². The molecule has 168 valence electrons. The number of nitrogens with zero attached hydrogens (tertiary/aromatic N) is 1. The van der Waals surface area contributed by atoms with Gasteiger partial charge in [0.15, 0.2) is 5.13 Å². The maximum Gasteiger partial charge on any atom is 0.260 e. The standard InChI is InChI=1S/C23H20N4O4S2/c1-12-16(8-9-31-12)21(30)27-23-25-15(11-32-23)10-17(28)26-22-19(20(24)29)18(13(2)33-22)14-6-4-3-5-7-14/h3-9,11H,10H2,1-2H3,(H2,24,29)(H,26,28)(H,25,27,30). The molecule has 0 saturated carbocycles. The zero-order chi connectivity index (χ0) is 23.5. The van der Waals surface area contributed by atoms with Crippen LogP contribution in [0.5, 0.6) is 0 Å². The van der Waals surface area contributed by atoms with Gasteiger partial charge in [0.2, 0.25) is 5.91 Å². The van der Waals surface area contributed by atoms with Gasteiger partial charge in [0.1, 0.15) is 10.8 Å². The first-order valence-corrected chi connectivity index (χ1v) is 11.6. The van der Waals surface area contributed by atoms with Crippen molar-refractivity contribution in [3.63, 3.8) is 0 Å². The lowest BCUT2D eigenvalue weighted by atomic mass is 10.0. The number of nitrogens with two attached hydrogens (primary N) is 1. The molecule has 3 aromatic heterocycles. The molecule has 4 rings (SSSR count). The number of anilines is 2. The van der Waals surface area contributed by atoms with Crippen molar-refractivity contribution in [1.29, 1.82) is 0 Å². The van der Waals surface area contributed by atoms with Gasteiger partial charge in [0.05, 0.1) is 29.5 Å². The molecule has 0 fully saturated rings. The Balaban J connectivity index is 1.47. The van der Waals surface area contributed by atoms with Crippen molar-refractivity contribution in [2.24, 2.45) is 5.73 Å². The third kappa shape index (κ3) is 4.86. The van der Waals surface area contributed by atoms with Crippen LogP contribution in [0.25, 0.3) is 11.1 Å². The van der Waals surface area contributed by atoms with E-state index < -0.39 is 5.91 Å². The molecule has 33 heavy (non-hydrogen) atoms. The van der Waals surface area contributed by atoms with E-state index in [2.05, 4.69) is 15.6 Å². The van der Waals surface area contributed by atoms with Gasteiger partial charge in [0, 0.05) is 15.8 Å². The van der Waals surface area contributed by atoms with E-state index in [0.717, 1.165) is 16.0 Å². The smallest absolute Gasteiger partial charge is 0.260 e. The molecule has 0 atom stereocenters. The molecule has 0 saturated heterocycles. The summed E-state index contributed by atoms with van der Waals surface area (Å²) in [6.45, 7) is 3.58. The van der Waals surface area contributed by atoms with E-state index in [-0.39, 0.29) is 18.2 Å². The summed E-state index contributed by atoms with van der Waals surface area (Å²) in [6.07, 6.45) is 1.42. The number of hydrogen-bond donors (Lipinski definition) is 3. The number of carbonyl (C=O) groups excluding carboxylic acids is 3. The minimum Gasteiger partial charge on any atom is -0.469 e. The average Bonchev–Trinajstić information content (AvgIpc) is 3.47. The van der Waals surface area contributed by atoms with E-state index in [9.17, 15) is 14.4 Å². The molecule has 8 nitrogen and oxygen atoms in total. The lowest BCUT2D eigenvalue weighted by Crippen LogP contribution is -2.18. The van der Waals surface area contributed by atoms with Crippen LogP contribution < -0.4 is 16.4 Å². The fourth-order valence-corrected chi connectivity index (χ4v) is 5.19. The Morgan fingerprint density at radius 1 is 1.09 bits per heavy atom. The Morgan fingerprint density at radius 3 is 2.52 bits per heavy atom. The molecule has 1 aromatic carbocycles. The predicted molar refractivity (Wildman–Crippen MR) is 129 cm³/mol. The van der Waals surface area contributed by atoms with Crippen LogP contribution in [0.4, 0.5) is 10.1 Å². The van der Waals surface area contributed by atoms with Crippen molar-refractivity contribution < 1.29 is 18.8 Å². The number of carbonyl (C=O) groups is 3. The van der Waals surface area contributed by atoms with E-state index >= 15 is 0 Å². The quantitative estimate of drug-likeness (QED) is 0.356. The number of aromatic nitrogens is 1. The molecule has 0 aliphatic rings. The molecule has 3 heterocycles. The number of thiazole rings is 1. The van der Waals surface area contributed by atoms with Crippen LogP contribution in [0, 0.1) is 13.8 Å². The van der Waals surface area contributed by atoms with Gasteiger partial charge in [-0.1, -0.05) is 30.3 Å². The third-order valence-corrected chi connectivity index (χ3v) is 6.69. The summed E-state index contributed by atoms with van der Waals surface area (Å²) in [5.41, 5.74) is 8.43. The first-order chi connectivity index (χ1) is 15.8. The van der Waals surface area contributed by atoms with Crippen molar-refractivity contribution in [1.82, 2.24) is 4.98 Å². The molecular weight excluding hydrogens is 460 g/mol. The van der Waals surface area contributed by atoms with Crippen LogP contribution in [-0.2, 0) is 11.2 Å². The Hall–Kier alpha value is -3.76. The second-order valence-electron chi connectivity index (χ2n) is 7.18. The summed E-state index contributed by atoms with van der Waals surface area (Å²) in [6, 6.07) is 11.0. The zero-order valence-electron chi connectivity index (χ0n) is 17.8. The molecule has 0 unspecified atom stereocenters. The molecule has 0 radical (unpaired) electrons. The van der Waals surface area contributed by atoms with Crippen molar-refractivity contribution >= 4 is 50.5 Å². The lowest BCUT2D eigenvalue weighted by Gasteiger charge is -2.06. The number of benzene rings is 1. The predicted octanol–water partition coefficient (Wildman–Crippen LogP) is 4.61. The number of amides is 3. The minimum absolute atomic E-state index is 0.0209. The molecule has 3 amide bonds. The van der Waals surface area contributed by atoms with Crippen LogP contribution in [0.2, 0.25) is 0 Å². The Kier molecular flexibility index (Phi) is 6.38. The van der Waals surface area contributed by atoms with E-state index in [4.69, 9.17) is 10.2 Å². The molecule has 0 aliphatic carbocycles. The highest BCUT2D eigenvalue weighted by Crippen LogP contribution is 2.39. The van der Waals surface area contributed by atoms with E-state index in [1.165, 1.54) is 28.9 Å². The maximum atomic E-state index is 12.7. The van der Waals surface area contributed by atoms with Gasteiger partial charge in [-0.05, 0) is 25.5 Å². The van der Waals surface area contributed by atoms with Gasteiger partial charge in [0.25, 0.3) is 11.8 Å². The van der Waals surface area contributed by atoms with Gasteiger partial charge in [-0.3, -0.25) is 19.7 Å². The lowest BCUT2D eigenvalue weighted by molar-refractivity contribution is -0.115. The van der Waals surface area contributed by atoms with Crippen LogP contribution in [-0.4, -0.2) is 22.7 Å². The third-order valence-electron chi connectivity index (χ3n) is 4.86. The van der Waals surface area contributed by atoms with Crippen LogP contribution in [0.3, 0.4) is 0 Å². The van der Waals surface area contributed by atoms with Crippen molar-refractivity contribution in [2.45, 2.75) is 20.3 Å². The summed E-state index contributed by atoms with van der Waals surface area (Å²) in [4.78, 5) is 42.4. The largest absolute Gasteiger partial charge is 0.469 e. The molecule has 0 bridgehead atoms. The first kappa shape index (κ1) is 22.4. The summed E-state index contributed by atoms with van der Waals surface area (Å²) in [5, 5.41) is 7.97. The van der Waals surface area contributed by atoms with Crippen molar-refractivity contribution in [2.75, 3.05) is 10.6 Å². The number of furan rings is 1. The molecule has 10 heteroatoms. The van der Waals surface area contributed by atoms with Crippen LogP contribution in [0.1, 0.15) is 37.0 Å². The highest BCUT2D eigenvalue weighted by atomic mass is 32.1. The monoisotopic (exact) mass is 480 g/mol. The molecule has 0 spiro atoms. The fourth-order valence-electron chi connectivity index (χ4n) is 3.39. The van der Waals surface area contributed by atoms with Gasteiger partial charge in [-0.15, -0.1) is 22.7 Å². The zero-order valence-corrected chi connectivity index (χ0v) is 19.4. The SMILES string of the molecule is Cc1occc1C(=O)Nc1nc(CC(=O)Nc2sc(C)c(-c3ccccc3)c2C(N)=O)cs1. The normalized spacial score (nSPS) is 10.7. The van der Waals surface area contributed by atoms with Crippen LogP contribution in [0.15, 0.2) is 52.5 Å². The summed E-state index contributed by atoms with van der Waals surface area (Å²) in [7, 11) is 0. The van der Waals surface area contributed by atoms with Crippen molar-refractivity contribution in [3.8, 4) is 11.1 Å². The average molecular weight is 481 g/mol.